The number of rotatable bonds is 12. The van der Waals surface area contributed by atoms with Gasteiger partial charge in [0.05, 0.1) is 6.04 Å². The van der Waals surface area contributed by atoms with E-state index in [0.717, 1.165) is 35.6 Å². The Labute approximate surface area is 243 Å². The Hall–Kier alpha value is -3.17. The van der Waals surface area contributed by atoms with Gasteiger partial charge in [0.25, 0.3) is 0 Å². The van der Waals surface area contributed by atoms with Gasteiger partial charge in [-0.05, 0) is 48.9 Å². The molecule has 0 spiro atoms. The van der Waals surface area contributed by atoms with E-state index in [-0.39, 0.29) is 55.0 Å². The Morgan fingerprint density at radius 1 is 1.07 bits per heavy atom. The monoisotopic (exact) mass is 573 g/mol. The van der Waals surface area contributed by atoms with E-state index in [2.05, 4.69) is 10.6 Å². The average molecular weight is 574 g/mol. The van der Waals surface area contributed by atoms with Crippen LogP contribution in [0.2, 0.25) is 0 Å². The second kappa shape index (κ2) is 15.6. The first kappa shape index (κ1) is 33.0. The molecule has 0 radical (unpaired) electrons. The first-order valence-corrected chi connectivity index (χ1v) is 14.0. The van der Waals surface area contributed by atoms with Crippen molar-refractivity contribution in [2.75, 3.05) is 26.7 Å². The summed E-state index contributed by atoms with van der Waals surface area (Å²) in [5.41, 5.74) is 6.52. The molecule has 4 amide bonds. The van der Waals surface area contributed by atoms with E-state index in [9.17, 15) is 19.2 Å². The van der Waals surface area contributed by atoms with Crippen molar-refractivity contribution in [3.63, 3.8) is 0 Å². The second-order valence-electron chi connectivity index (χ2n) is 10.5. The molecule has 3 rings (SSSR count). The highest BCUT2D eigenvalue weighted by atomic mass is 35.5. The summed E-state index contributed by atoms with van der Waals surface area (Å²) in [6.45, 7) is 6.64. The summed E-state index contributed by atoms with van der Waals surface area (Å²) in [4.78, 5) is 55.2. The molecule has 0 aromatic heterocycles. The van der Waals surface area contributed by atoms with Crippen LogP contribution in [0.25, 0.3) is 10.8 Å². The summed E-state index contributed by atoms with van der Waals surface area (Å²) in [5, 5.41) is 7.84. The van der Waals surface area contributed by atoms with E-state index in [1.54, 1.807) is 18.9 Å². The summed E-state index contributed by atoms with van der Waals surface area (Å²) in [7, 11) is 1.65. The lowest BCUT2D eigenvalue weighted by Crippen LogP contribution is -2.55. The summed E-state index contributed by atoms with van der Waals surface area (Å²) in [6.07, 6.45) is 3.10. The Morgan fingerprint density at radius 3 is 2.40 bits per heavy atom. The maximum Gasteiger partial charge on any atom is 0.245 e. The molecule has 1 aliphatic rings. The average Bonchev–Trinajstić information content (AvgIpc) is 3.43. The Bertz CT molecular complexity index is 1170. The lowest BCUT2D eigenvalue weighted by atomic mass is 9.99. The Kier molecular flexibility index (Phi) is 12.9. The molecule has 1 fully saturated rings. The molecule has 1 saturated heterocycles. The zero-order valence-corrected chi connectivity index (χ0v) is 24.8. The quantitative estimate of drug-likeness (QED) is 0.360. The molecule has 1 aliphatic heterocycles. The highest BCUT2D eigenvalue weighted by molar-refractivity contribution is 5.93. The van der Waals surface area contributed by atoms with Crippen LogP contribution in [0.1, 0.15) is 52.0 Å². The normalized spacial score (nSPS) is 16.2. The molecule has 9 nitrogen and oxygen atoms in total. The van der Waals surface area contributed by atoms with Gasteiger partial charge in [-0.3, -0.25) is 19.2 Å². The lowest BCUT2D eigenvalue weighted by Gasteiger charge is -2.30. The third kappa shape index (κ3) is 8.41. The van der Waals surface area contributed by atoms with Gasteiger partial charge in [-0.25, -0.2) is 0 Å². The molecule has 0 saturated carbocycles. The standard InChI is InChI=1S/C30H43N5O4.ClH/c1-5-22(6-2)29(38)35-16-9-12-26(35)28(37)33-25(30(39)34(4)17-15-32-27(36)20(3)31)19-21-13-14-23-10-7-8-11-24(23)18-21;/h7-8,10-11,13-14,18,20,22,25-26H,5-6,9,12,15-17,19,31H2,1-4H3,(H,32,36)(H,33,37);1H/t20-,25+,26?;/m0./s1. The number of carbonyl (C=O) groups excluding carboxylic acids is 4. The fourth-order valence-corrected chi connectivity index (χ4v) is 5.13. The van der Waals surface area contributed by atoms with Gasteiger partial charge >= 0.3 is 0 Å². The number of hydrogen-bond donors (Lipinski definition) is 3. The van der Waals surface area contributed by atoms with Crippen molar-refractivity contribution in [2.24, 2.45) is 11.7 Å². The molecule has 2 aromatic rings. The van der Waals surface area contributed by atoms with Crippen molar-refractivity contribution in [1.82, 2.24) is 20.4 Å². The van der Waals surface area contributed by atoms with E-state index in [1.165, 1.54) is 4.90 Å². The third-order valence-electron chi connectivity index (χ3n) is 7.58. The molecular weight excluding hydrogens is 530 g/mol. The van der Waals surface area contributed by atoms with E-state index in [0.29, 0.717) is 19.4 Å². The predicted molar refractivity (Wildman–Crippen MR) is 160 cm³/mol. The predicted octanol–water partition coefficient (Wildman–Crippen LogP) is 2.64. The van der Waals surface area contributed by atoms with Crippen LogP contribution in [-0.2, 0) is 25.6 Å². The van der Waals surface area contributed by atoms with Crippen molar-refractivity contribution < 1.29 is 19.2 Å². The van der Waals surface area contributed by atoms with Crippen LogP contribution in [0.3, 0.4) is 0 Å². The van der Waals surface area contributed by atoms with Crippen molar-refractivity contribution in [1.29, 1.82) is 0 Å². The first-order chi connectivity index (χ1) is 18.7. The highest BCUT2D eigenvalue weighted by Crippen LogP contribution is 2.23. The van der Waals surface area contributed by atoms with Gasteiger partial charge in [0, 0.05) is 39.0 Å². The number of likely N-dealkylation sites (tertiary alicyclic amines) is 1. The molecule has 0 aliphatic carbocycles. The first-order valence-electron chi connectivity index (χ1n) is 14.0. The van der Waals surface area contributed by atoms with Crippen LogP contribution in [0, 0.1) is 5.92 Å². The number of carbonyl (C=O) groups is 4. The second-order valence-corrected chi connectivity index (χ2v) is 10.5. The number of fused-ring (bicyclic) bond motifs is 1. The van der Waals surface area contributed by atoms with Crippen LogP contribution in [0.5, 0.6) is 0 Å². The fourth-order valence-electron chi connectivity index (χ4n) is 5.13. The van der Waals surface area contributed by atoms with Crippen LogP contribution in [0.4, 0.5) is 0 Å². The van der Waals surface area contributed by atoms with E-state index in [4.69, 9.17) is 5.73 Å². The Morgan fingerprint density at radius 2 is 1.75 bits per heavy atom. The van der Waals surface area contributed by atoms with Crippen molar-refractivity contribution in [3.8, 4) is 0 Å². The molecule has 0 bridgehead atoms. The minimum Gasteiger partial charge on any atom is -0.353 e. The van der Waals surface area contributed by atoms with Gasteiger partial charge < -0.3 is 26.2 Å². The number of nitrogens with two attached hydrogens (primary N) is 1. The van der Waals surface area contributed by atoms with E-state index in [1.807, 2.05) is 56.3 Å². The largest absolute Gasteiger partial charge is 0.353 e. The summed E-state index contributed by atoms with van der Waals surface area (Å²) < 4.78 is 0. The van der Waals surface area contributed by atoms with Crippen molar-refractivity contribution in [3.05, 3.63) is 48.0 Å². The number of amides is 4. The van der Waals surface area contributed by atoms with Gasteiger partial charge in [-0.2, -0.15) is 0 Å². The molecule has 40 heavy (non-hydrogen) atoms. The third-order valence-corrected chi connectivity index (χ3v) is 7.58. The minimum absolute atomic E-state index is 0. The molecular formula is C30H44ClN5O4. The number of nitrogens with one attached hydrogen (secondary N) is 2. The number of nitrogens with zero attached hydrogens (tertiary/aromatic N) is 2. The number of halogens is 1. The maximum atomic E-state index is 13.6. The van der Waals surface area contributed by atoms with Gasteiger partial charge in [0.15, 0.2) is 0 Å². The van der Waals surface area contributed by atoms with E-state index < -0.39 is 18.1 Å². The summed E-state index contributed by atoms with van der Waals surface area (Å²) in [5.74, 6) is -0.949. The topological polar surface area (TPSA) is 125 Å². The molecule has 2 aromatic carbocycles. The van der Waals surface area contributed by atoms with Crippen LogP contribution < -0.4 is 16.4 Å². The van der Waals surface area contributed by atoms with Crippen molar-refractivity contribution >= 4 is 46.8 Å². The zero-order chi connectivity index (χ0) is 28.5. The van der Waals surface area contributed by atoms with Crippen LogP contribution in [-0.4, -0.2) is 78.2 Å². The van der Waals surface area contributed by atoms with Gasteiger partial charge in [-0.1, -0.05) is 56.3 Å². The number of likely N-dealkylation sites (N-methyl/N-ethyl adjacent to an activating group) is 1. The smallest absolute Gasteiger partial charge is 0.245 e. The van der Waals surface area contributed by atoms with Crippen LogP contribution >= 0.6 is 12.4 Å². The van der Waals surface area contributed by atoms with Crippen LogP contribution in [0.15, 0.2) is 42.5 Å². The molecule has 3 atom stereocenters. The molecule has 1 unspecified atom stereocenters. The lowest BCUT2D eigenvalue weighted by molar-refractivity contribution is -0.143. The molecule has 1 heterocycles. The molecule has 220 valence electrons. The number of benzene rings is 2. The highest BCUT2D eigenvalue weighted by Gasteiger charge is 2.38. The van der Waals surface area contributed by atoms with Crippen molar-refractivity contribution in [2.45, 2.75) is 71.0 Å². The van der Waals surface area contributed by atoms with Gasteiger partial charge in [-0.15, -0.1) is 12.4 Å². The number of hydrogen-bond acceptors (Lipinski definition) is 5. The maximum absolute atomic E-state index is 13.6. The zero-order valence-electron chi connectivity index (χ0n) is 24.0. The summed E-state index contributed by atoms with van der Waals surface area (Å²) in [6, 6.07) is 12.0. The Balaban J connectivity index is 0.00000560. The minimum atomic E-state index is -0.821. The molecule has 10 heteroatoms. The summed E-state index contributed by atoms with van der Waals surface area (Å²) >= 11 is 0. The van der Waals surface area contributed by atoms with Gasteiger partial charge in [0.1, 0.15) is 12.1 Å². The van der Waals surface area contributed by atoms with E-state index >= 15 is 0 Å². The fraction of sp³-hybridized carbons (Fsp3) is 0.533. The van der Waals surface area contributed by atoms with Gasteiger partial charge in [0.2, 0.25) is 23.6 Å². The molecule has 4 N–H and O–H groups in total. The SMILES string of the molecule is CCC(CC)C(=O)N1CCCC1C(=O)N[C@H](Cc1ccc2ccccc2c1)C(=O)N(C)CCNC(=O)[C@H](C)N.Cl.